The van der Waals surface area contributed by atoms with Crippen LogP contribution in [0.5, 0.6) is 0 Å². The maximum Gasteiger partial charge on any atom is 0.170 e. The number of hydrogen-bond acceptors (Lipinski definition) is 3. The number of aryl methyl sites for hydroxylation is 2. The normalized spacial score (nSPS) is 16.1. The highest BCUT2D eigenvalue weighted by atomic mass is 32.1. The molecule has 3 rings (SSSR count). The lowest BCUT2D eigenvalue weighted by molar-refractivity contribution is 0.216. The molecule has 1 aliphatic rings. The number of benzene rings is 1. The zero-order valence-electron chi connectivity index (χ0n) is 14.3. The number of anilines is 1. The Morgan fingerprint density at radius 3 is 2.50 bits per heavy atom. The summed E-state index contributed by atoms with van der Waals surface area (Å²) in [5, 5.41) is 7.37. The zero-order chi connectivity index (χ0) is 16.9. The van der Waals surface area contributed by atoms with Crippen LogP contribution in [0.25, 0.3) is 0 Å². The van der Waals surface area contributed by atoms with E-state index in [1.54, 1.807) is 6.26 Å². The third-order valence-electron chi connectivity index (χ3n) is 4.63. The number of hydrogen-bond donors (Lipinski definition) is 2. The summed E-state index contributed by atoms with van der Waals surface area (Å²) in [7, 11) is 0. The summed E-state index contributed by atoms with van der Waals surface area (Å²) in [4.78, 5) is 2.47. The Labute approximate surface area is 149 Å². The molecule has 1 unspecified atom stereocenters. The van der Waals surface area contributed by atoms with Crippen molar-refractivity contribution in [3.8, 4) is 0 Å². The van der Waals surface area contributed by atoms with E-state index in [2.05, 4.69) is 47.6 Å². The Morgan fingerprint density at radius 2 is 1.88 bits per heavy atom. The third-order valence-corrected chi connectivity index (χ3v) is 4.88. The molecule has 1 aromatic carbocycles. The number of rotatable bonds is 5. The summed E-state index contributed by atoms with van der Waals surface area (Å²) < 4.78 is 5.65. The molecule has 0 amide bonds. The summed E-state index contributed by atoms with van der Waals surface area (Å²) in [6, 6.07) is 10.5. The first-order valence-corrected chi connectivity index (χ1v) is 8.94. The van der Waals surface area contributed by atoms with E-state index in [0.717, 1.165) is 31.1 Å². The quantitative estimate of drug-likeness (QED) is 0.803. The van der Waals surface area contributed by atoms with Gasteiger partial charge in [-0.05, 0) is 75.3 Å². The molecule has 0 bridgehead atoms. The van der Waals surface area contributed by atoms with E-state index in [1.807, 2.05) is 12.1 Å². The number of nitrogens with one attached hydrogen (secondary N) is 2. The van der Waals surface area contributed by atoms with Gasteiger partial charge in [-0.25, -0.2) is 0 Å². The van der Waals surface area contributed by atoms with Crippen molar-refractivity contribution in [3.05, 3.63) is 53.5 Å². The average Bonchev–Trinajstić information content (AvgIpc) is 3.25. The molecule has 128 valence electrons. The van der Waals surface area contributed by atoms with Gasteiger partial charge in [0, 0.05) is 12.2 Å². The first-order valence-electron chi connectivity index (χ1n) is 8.53. The van der Waals surface area contributed by atoms with E-state index in [9.17, 15) is 0 Å². The van der Waals surface area contributed by atoms with E-state index in [4.69, 9.17) is 16.6 Å². The van der Waals surface area contributed by atoms with Gasteiger partial charge in [-0.15, -0.1) is 0 Å². The maximum atomic E-state index is 5.65. The van der Waals surface area contributed by atoms with Crippen LogP contribution in [0.2, 0.25) is 0 Å². The van der Waals surface area contributed by atoms with Crippen LogP contribution in [0.4, 0.5) is 5.69 Å². The van der Waals surface area contributed by atoms with Gasteiger partial charge >= 0.3 is 0 Å². The molecule has 2 aromatic rings. The molecular weight excluding hydrogens is 318 g/mol. The van der Waals surface area contributed by atoms with E-state index >= 15 is 0 Å². The fourth-order valence-corrected chi connectivity index (χ4v) is 3.49. The van der Waals surface area contributed by atoms with Gasteiger partial charge in [-0.2, -0.15) is 0 Å². The number of thiocarbonyl (C=S) groups is 1. The summed E-state index contributed by atoms with van der Waals surface area (Å²) in [5.74, 6) is 0.999. The monoisotopic (exact) mass is 343 g/mol. The van der Waals surface area contributed by atoms with Gasteiger partial charge in [0.15, 0.2) is 5.11 Å². The average molecular weight is 343 g/mol. The highest BCUT2D eigenvalue weighted by Crippen LogP contribution is 2.25. The summed E-state index contributed by atoms with van der Waals surface area (Å²) >= 11 is 5.51. The Morgan fingerprint density at radius 1 is 1.17 bits per heavy atom. The lowest BCUT2D eigenvalue weighted by Crippen LogP contribution is -2.38. The largest absolute Gasteiger partial charge is 0.468 e. The zero-order valence-corrected chi connectivity index (χ0v) is 15.2. The number of para-hydroxylation sites is 1. The van der Waals surface area contributed by atoms with E-state index in [1.165, 1.54) is 24.0 Å². The van der Waals surface area contributed by atoms with Crippen LogP contribution in [-0.4, -0.2) is 29.6 Å². The standard InChI is InChI=1S/C19H25N3OS/c1-14-7-5-8-15(2)18(14)21-19(24)20-13-16(17-9-6-12-23-17)22-10-3-4-11-22/h5-9,12,16H,3-4,10-11,13H2,1-2H3,(H2,20,21,24). The van der Waals surface area contributed by atoms with Gasteiger partial charge in [0.25, 0.3) is 0 Å². The number of furan rings is 1. The highest BCUT2D eigenvalue weighted by molar-refractivity contribution is 7.80. The molecule has 0 saturated carbocycles. The van der Waals surface area contributed by atoms with Crippen LogP contribution in [0.1, 0.15) is 35.8 Å². The third kappa shape index (κ3) is 3.97. The lowest BCUT2D eigenvalue weighted by atomic mass is 10.1. The van der Waals surface area contributed by atoms with Crippen molar-refractivity contribution in [2.75, 3.05) is 25.0 Å². The molecule has 1 atom stereocenters. The summed E-state index contributed by atoms with van der Waals surface area (Å²) in [6.07, 6.45) is 4.25. The lowest BCUT2D eigenvalue weighted by Gasteiger charge is -2.26. The van der Waals surface area contributed by atoms with Gasteiger partial charge in [-0.3, -0.25) is 4.90 Å². The van der Waals surface area contributed by atoms with Crippen molar-refractivity contribution in [1.82, 2.24) is 10.2 Å². The van der Waals surface area contributed by atoms with Crippen LogP contribution < -0.4 is 10.6 Å². The molecule has 5 heteroatoms. The predicted octanol–water partition coefficient (Wildman–Crippen LogP) is 4.02. The van der Waals surface area contributed by atoms with Gasteiger partial charge < -0.3 is 15.1 Å². The summed E-state index contributed by atoms with van der Waals surface area (Å²) in [6.45, 7) is 7.15. The van der Waals surface area contributed by atoms with Crippen molar-refractivity contribution in [2.24, 2.45) is 0 Å². The van der Waals surface area contributed by atoms with Crippen LogP contribution in [0.15, 0.2) is 41.0 Å². The molecule has 1 saturated heterocycles. The van der Waals surface area contributed by atoms with Crippen molar-refractivity contribution in [3.63, 3.8) is 0 Å². The SMILES string of the molecule is Cc1cccc(C)c1NC(=S)NCC(c1ccco1)N1CCCC1. The van der Waals surface area contributed by atoms with Crippen molar-refractivity contribution in [1.29, 1.82) is 0 Å². The topological polar surface area (TPSA) is 40.4 Å². The van der Waals surface area contributed by atoms with Crippen molar-refractivity contribution >= 4 is 23.0 Å². The molecule has 0 radical (unpaired) electrons. The van der Waals surface area contributed by atoms with Crippen LogP contribution >= 0.6 is 12.2 Å². The predicted molar refractivity (Wildman–Crippen MR) is 102 cm³/mol. The van der Waals surface area contributed by atoms with E-state index in [-0.39, 0.29) is 6.04 Å². The molecule has 2 N–H and O–H groups in total. The molecule has 4 nitrogen and oxygen atoms in total. The minimum absolute atomic E-state index is 0.222. The van der Waals surface area contributed by atoms with Crippen molar-refractivity contribution < 1.29 is 4.42 Å². The van der Waals surface area contributed by atoms with Crippen LogP contribution in [-0.2, 0) is 0 Å². The van der Waals surface area contributed by atoms with E-state index < -0.39 is 0 Å². The second-order valence-electron chi connectivity index (χ2n) is 6.38. The minimum Gasteiger partial charge on any atom is -0.468 e. The van der Waals surface area contributed by atoms with Crippen molar-refractivity contribution in [2.45, 2.75) is 32.7 Å². The number of likely N-dealkylation sites (tertiary alicyclic amines) is 1. The first kappa shape index (κ1) is 17.0. The van der Waals surface area contributed by atoms with Gasteiger partial charge in [0.05, 0.1) is 12.3 Å². The van der Waals surface area contributed by atoms with E-state index in [0.29, 0.717) is 5.11 Å². The Hall–Kier alpha value is -1.85. The van der Waals surface area contributed by atoms with Gasteiger partial charge in [-0.1, -0.05) is 18.2 Å². The molecule has 1 fully saturated rings. The minimum atomic E-state index is 0.222. The molecule has 1 aromatic heterocycles. The Balaban J connectivity index is 1.63. The number of nitrogens with zero attached hydrogens (tertiary/aromatic N) is 1. The molecule has 24 heavy (non-hydrogen) atoms. The molecule has 2 heterocycles. The Kier molecular flexibility index (Phi) is 5.53. The van der Waals surface area contributed by atoms with Gasteiger partial charge in [0.1, 0.15) is 5.76 Å². The molecule has 1 aliphatic heterocycles. The first-order chi connectivity index (χ1) is 11.6. The van der Waals surface area contributed by atoms with Crippen LogP contribution in [0, 0.1) is 13.8 Å². The highest BCUT2D eigenvalue weighted by Gasteiger charge is 2.25. The fourth-order valence-electron chi connectivity index (χ4n) is 3.30. The second kappa shape index (κ2) is 7.81. The Bertz CT molecular complexity index is 658. The van der Waals surface area contributed by atoms with Gasteiger partial charge in [0.2, 0.25) is 0 Å². The van der Waals surface area contributed by atoms with Crippen LogP contribution in [0.3, 0.4) is 0 Å². The summed E-state index contributed by atoms with van der Waals surface area (Å²) in [5.41, 5.74) is 3.48. The fraction of sp³-hybridized carbons (Fsp3) is 0.421. The maximum absolute atomic E-state index is 5.65. The molecule has 0 aliphatic carbocycles. The smallest absolute Gasteiger partial charge is 0.170 e. The molecule has 0 spiro atoms. The second-order valence-corrected chi connectivity index (χ2v) is 6.78. The molecular formula is C19H25N3OS.